The van der Waals surface area contributed by atoms with Gasteiger partial charge in [-0.1, -0.05) is 23.7 Å². The van der Waals surface area contributed by atoms with E-state index in [4.69, 9.17) is 11.6 Å². The molecule has 1 fully saturated rings. The van der Waals surface area contributed by atoms with Crippen LogP contribution in [0.1, 0.15) is 17.5 Å². The number of hydrogen-bond donors (Lipinski definition) is 0. The van der Waals surface area contributed by atoms with Crippen LogP contribution in [0, 0.1) is 6.92 Å². The molecule has 1 aromatic carbocycles. The molecule has 1 aromatic heterocycles. The van der Waals surface area contributed by atoms with E-state index in [0.29, 0.717) is 13.0 Å². The second-order valence-corrected chi connectivity index (χ2v) is 6.75. The van der Waals surface area contributed by atoms with Crippen molar-refractivity contribution in [3.05, 3.63) is 52.8 Å². The van der Waals surface area contributed by atoms with Crippen LogP contribution in [0.5, 0.6) is 0 Å². The summed E-state index contributed by atoms with van der Waals surface area (Å²) in [6, 6.07) is 7.97. The molecule has 24 heavy (non-hydrogen) atoms. The van der Waals surface area contributed by atoms with Gasteiger partial charge in [0, 0.05) is 56.9 Å². The number of carbonyl (C=O) groups is 1. The lowest BCUT2D eigenvalue weighted by Gasteiger charge is -2.34. The second kappa shape index (κ2) is 7.81. The van der Waals surface area contributed by atoms with Gasteiger partial charge in [-0.05, 0) is 30.2 Å². The van der Waals surface area contributed by atoms with Gasteiger partial charge < -0.3 is 4.90 Å². The first-order valence-electron chi connectivity index (χ1n) is 8.34. The summed E-state index contributed by atoms with van der Waals surface area (Å²) in [6.07, 6.45) is 4.30. The molecule has 3 rings (SSSR count). The molecule has 0 spiro atoms. The topological polar surface area (TPSA) is 41.4 Å². The monoisotopic (exact) mass is 346 g/mol. The zero-order valence-corrected chi connectivity index (χ0v) is 14.7. The molecule has 0 saturated carbocycles. The standard InChI is InChI=1S/C18H23ClN4O/c1-15-12-20-23(13-15)7-6-18(24)22-10-8-21(9-11-22)14-16-2-4-17(19)5-3-16/h2-5,12-13H,6-11,14H2,1H3. The van der Waals surface area contributed by atoms with Crippen LogP contribution in [-0.2, 0) is 17.9 Å². The van der Waals surface area contributed by atoms with Gasteiger partial charge in [-0.2, -0.15) is 5.10 Å². The zero-order chi connectivity index (χ0) is 16.9. The Bertz CT molecular complexity index is 675. The Morgan fingerprint density at radius 3 is 2.50 bits per heavy atom. The maximum Gasteiger partial charge on any atom is 0.224 e. The Hall–Kier alpha value is -1.85. The normalized spacial score (nSPS) is 15.7. The lowest BCUT2D eigenvalue weighted by molar-refractivity contribution is -0.133. The van der Waals surface area contributed by atoms with Crippen molar-refractivity contribution >= 4 is 17.5 Å². The number of amides is 1. The number of piperazine rings is 1. The average molecular weight is 347 g/mol. The average Bonchev–Trinajstić information content (AvgIpc) is 3.01. The summed E-state index contributed by atoms with van der Waals surface area (Å²) >= 11 is 5.92. The highest BCUT2D eigenvalue weighted by Crippen LogP contribution is 2.13. The second-order valence-electron chi connectivity index (χ2n) is 6.31. The van der Waals surface area contributed by atoms with E-state index in [1.165, 1.54) is 5.56 Å². The summed E-state index contributed by atoms with van der Waals surface area (Å²) in [6.45, 7) is 6.98. The van der Waals surface area contributed by atoms with E-state index in [9.17, 15) is 4.79 Å². The van der Waals surface area contributed by atoms with Gasteiger partial charge >= 0.3 is 0 Å². The number of aromatic nitrogens is 2. The molecular formula is C18H23ClN4O. The molecule has 0 unspecified atom stereocenters. The van der Waals surface area contributed by atoms with Crippen molar-refractivity contribution in [3.63, 3.8) is 0 Å². The van der Waals surface area contributed by atoms with E-state index in [1.54, 1.807) is 0 Å². The Kier molecular flexibility index (Phi) is 5.53. The van der Waals surface area contributed by atoms with Crippen LogP contribution in [-0.4, -0.2) is 51.7 Å². The van der Waals surface area contributed by atoms with E-state index in [1.807, 2.05) is 41.0 Å². The van der Waals surface area contributed by atoms with Crippen molar-refractivity contribution in [1.29, 1.82) is 0 Å². The van der Waals surface area contributed by atoms with Crippen molar-refractivity contribution < 1.29 is 4.79 Å². The van der Waals surface area contributed by atoms with Crippen LogP contribution in [0.15, 0.2) is 36.7 Å². The molecule has 1 saturated heterocycles. The first-order valence-corrected chi connectivity index (χ1v) is 8.71. The first-order chi connectivity index (χ1) is 11.6. The van der Waals surface area contributed by atoms with Crippen LogP contribution >= 0.6 is 11.6 Å². The maximum absolute atomic E-state index is 12.3. The quantitative estimate of drug-likeness (QED) is 0.835. The summed E-state index contributed by atoms with van der Waals surface area (Å²) in [5, 5.41) is 4.99. The number of hydrogen-bond acceptors (Lipinski definition) is 3. The van der Waals surface area contributed by atoms with Gasteiger partial charge in [0.2, 0.25) is 5.91 Å². The van der Waals surface area contributed by atoms with Crippen LogP contribution in [0.3, 0.4) is 0 Å². The number of nitrogens with zero attached hydrogens (tertiary/aromatic N) is 4. The molecule has 0 N–H and O–H groups in total. The van der Waals surface area contributed by atoms with E-state index in [0.717, 1.165) is 43.3 Å². The number of halogens is 1. The van der Waals surface area contributed by atoms with Gasteiger partial charge in [0.25, 0.3) is 0 Å². The third-order valence-electron chi connectivity index (χ3n) is 4.36. The molecule has 2 heterocycles. The van der Waals surface area contributed by atoms with E-state index >= 15 is 0 Å². The van der Waals surface area contributed by atoms with Crippen molar-refractivity contribution in [3.8, 4) is 0 Å². The lowest BCUT2D eigenvalue weighted by atomic mass is 10.2. The van der Waals surface area contributed by atoms with Crippen LogP contribution < -0.4 is 0 Å². The van der Waals surface area contributed by atoms with Crippen molar-refractivity contribution in [2.24, 2.45) is 0 Å². The Morgan fingerprint density at radius 2 is 1.88 bits per heavy atom. The predicted octanol–water partition coefficient (Wildman–Crippen LogP) is 2.58. The molecule has 0 bridgehead atoms. The number of carbonyl (C=O) groups excluding carboxylic acids is 1. The summed E-state index contributed by atoms with van der Waals surface area (Å²) in [7, 11) is 0. The van der Waals surface area contributed by atoms with Gasteiger partial charge in [0.1, 0.15) is 0 Å². The summed E-state index contributed by atoms with van der Waals surface area (Å²) < 4.78 is 1.84. The highest BCUT2D eigenvalue weighted by atomic mass is 35.5. The molecule has 0 atom stereocenters. The smallest absolute Gasteiger partial charge is 0.224 e. The summed E-state index contributed by atoms with van der Waals surface area (Å²) in [5.74, 6) is 0.217. The fraction of sp³-hybridized carbons (Fsp3) is 0.444. The van der Waals surface area contributed by atoms with Crippen LogP contribution in [0.25, 0.3) is 0 Å². The third-order valence-corrected chi connectivity index (χ3v) is 4.61. The zero-order valence-electron chi connectivity index (χ0n) is 14.0. The van der Waals surface area contributed by atoms with Gasteiger partial charge in [0.05, 0.1) is 6.20 Å². The van der Waals surface area contributed by atoms with Crippen LogP contribution in [0.4, 0.5) is 0 Å². The maximum atomic E-state index is 12.3. The molecule has 2 aromatic rings. The van der Waals surface area contributed by atoms with Gasteiger partial charge in [-0.25, -0.2) is 0 Å². The highest BCUT2D eigenvalue weighted by Gasteiger charge is 2.20. The molecule has 5 nitrogen and oxygen atoms in total. The first kappa shape index (κ1) is 17.0. The summed E-state index contributed by atoms with van der Waals surface area (Å²) in [4.78, 5) is 16.7. The van der Waals surface area contributed by atoms with Crippen molar-refractivity contribution in [2.75, 3.05) is 26.2 Å². The number of rotatable bonds is 5. The molecule has 1 aliphatic heterocycles. The van der Waals surface area contributed by atoms with E-state index in [2.05, 4.69) is 22.1 Å². The van der Waals surface area contributed by atoms with Crippen molar-refractivity contribution in [2.45, 2.75) is 26.4 Å². The van der Waals surface area contributed by atoms with Gasteiger partial charge in [-0.15, -0.1) is 0 Å². The number of benzene rings is 1. The minimum absolute atomic E-state index is 0.217. The predicted molar refractivity (Wildman–Crippen MR) is 94.9 cm³/mol. The minimum atomic E-state index is 0.217. The summed E-state index contributed by atoms with van der Waals surface area (Å²) in [5.41, 5.74) is 2.38. The molecule has 0 aliphatic carbocycles. The third kappa shape index (κ3) is 4.58. The Morgan fingerprint density at radius 1 is 1.17 bits per heavy atom. The lowest BCUT2D eigenvalue weighted by Crippen LogP contribution is -2.48. The fourth-order valence-corrected chi connectivity index (χ4v) is 3.09. The SMILES string of the molecule is Cc1cnn(CCC(=O)N2CCN(Cc3ccc(Cl)cc3)CC2)c1. The molecule has 0 radical (unpaired) electrons. The van der Waals surface area contributed by atoms with Crippen LogP contribution in [0.2, 0.25) is 5.02 Å². The molecular weight excluding hydrogens is 324 g/mol. The fourth-order valence-electron chi connectivity index (χ4n) is 2.96. The molecule has 1 aliphatic rings. The minimum Gasteiger partial charge on any atom is -0.340 e. The molecule has 6 heteroatoms. The number of aryl methyl sites for hydroxylation is 2. The highest BCUT2D eigenvalue weighted by molar-refractivity contribution is 6.30. The molecule has 128 valence electrons. The van der Waals surface area contributed by atoms with Gasteiger partial charge in [-0.3, -0.25) is 14.4 Å². The van der Waals surface area contributed by atoms with E-state index < -0.39 is 0 Å². The van der Waals surface area contributed by atoms with Gasteiger partial charge in [0.15, 0.2) is 0 Å². The Labute approximate surface area is 147 Å². The Balaban J connectivity index is 1.42. The largest absolute Gasteiger partial charge is 0.340 e. The molecule has 1 amide bonds. The van der Waals surface area contributed by atoms with E-state index in [-0.39, 0.29) is 5.91 Å². The van der Waals surface area contributed by atoms with Crippen molar-refractivity contribution in [1.82, 2.24) is 19.6 Å².